The fourth-order valence-electron chi connectivity index (χ4n) is 3.44. The molecule has 150 valence electrons. The van der Waals surface area contributed by atoms with Crippen molar-refractivity contribution in [1.29, 1.82) is 0 Å². The number of hydrogen-bond acceptors (Lipinski definition) is 5. The molecule has 0 saturated carbocycles. The summed E-state index contributed by atoms with van der Waals surface area (Å²) in [6.07, 6.45) is 1.11. The quantitative estimate of drug-likeness (QED) is 0.648. The molecule has 3 atom stereocenters. The summed E-state index contributed by atoms with van der Waals surface area (Å²) in [7, 11) is -3.85. The lowest BCUT2D eigenvalue weighted by atomic mass is 9.94. The van der Waals surface area contributed by atoms with Gasteiger partial charge in [-0.1, -0.05) is 13.0 Å². The van der Waals surface area contributed by atoms with Gasteiger partial charge in [-0.15, -0.1) is 12.4 Å². The molecule has 27 heavy (non-hydrogen) atoms. The highest BCUT2D eigenvalue weighted by atomic mass is 35.5. The lowest BCUT2D eigenvalue weighted by Crippen LogP contribution is -2.51. The number of hydrogen-bond donors (Lipinski definition) is 3. The van der Waals surface area contributed by atoms with Crippen molar-refractivity contribution < 1.29 is 18.0 Å². The first kappa shape index (κ1) is 21.6. The Balaban J connectivity index is 0.00000261. The van der Waals surface area contributed by atoms with Crippen LogP contribution in [0.2, 0.25) is 0 Å². The van der Waals surface area contributed by atoms with E-state index in [0.717, 1.165) is 19.5 Å². The Morgan fingerprint density at radius 3 is 2.78 bits per heavy atom. The average molecular weight is 417 g/mol. The number of anilines is 1. The number of halogens is 1. The van der Waals surface area contributed by atoms with Gasteiger partial charge in [0.05, 0.1) is 10.8 Å². The normalized spacial score (nSPS) is 25.8. The number of sulfonamides is 1. The van der Waals surface area contributed by atoms with Crippen LogP contribution in [0.25, 0.3) is 0 Å². The van der Waals surface area contributed by atoms with Gasteiger partial charge >= 0.3 is 0 Å². The molecule has 2 heterocycles. The second-order valence-electron chi connectivity index (χ2n) is 7.03. The minimum absolute atomic E-state index is 0. The molecular formula is C17H25ClN4O4S. The Labute approximate surface area is 165 Å². The summed E-state index contributed by atoms with van der Waals surface area (Å²) < 4.78 is 23.0. The third-order valence-corrected chi connectivity index (χ3v) is 6.02. The highest BCUT2D eigenvalue weighted by Gasteiger charge is 2.36. The number of benzene rings is 1. The van der Waals surface area contributed by atoms with E-state index in [4.69, 9.17) is 5.14 Å². The van der Waals surface area contributed by atoms with Gasteiger partial charge in [0.25, 0.3) is 0 Å². The van der Waals surface area contributed by atoms with Crippen molar-refractivity contribution in [3.8, 4) is 0 Å². The van der Waals surface area contributed by atoms with Crippen molar-refractivity contribution >= 4 is 39.9 Å². The molecule has 3 rings (SSSR count). The zero-order valence-corrected chi connectivity index (χ0v) is 16.7. The summed E-state index contributed by atoms with van der Waals surface area (Å²) in [4.78, 5) is 26.3. The van der Waals surface area contributed by atoms with E-state index in [1.807, 2.05) is 0 Å². The van der Waals surface area contributed by atoms with Crippen LogP contribution in [0.5, 0.6) is 0 Å². The Morgan fingerprint density at radius 2 is 2.11 bits per heavy atom. The standard InChI is InChI=1S/C17H24N4O4S.ClH/c1-11-5-6-19-9-15(11)20-17(23)12-7-16(22)21(10-12)13-3-2-4-14(8-13)26(18,24)25;/h2-4,8,11-12,15,19H,5-7,9-10H2,1H3,(H,20,23)(H2,18,24,25);1H. The summed E-state index contributed by atoms with van der Waals surface area (Å²) in [5.74, 6) is -0.398. The minimum atomic E-state index is -3.85. The molecule has 0 bridgehead atoms. The smallest absolute Gasteiger partial charge is 0.238 e. The lowest BCUT2D eigenvalue weighted by Gasteiger charge is -2.31. The first-order valence-corrected chi connectivity index (χ1v) is 10.2. The molecule has 2 saturated heterocycles. The third kappa shape index (κ3) is 4.98. The van der Waals surface area contributed by atoms with Gasteiger partial charge in [-0.25, -0.2) is 13.6 Å². The first-order valence-electron chi connectivity index (χ1n) is 8.70. The van der Waals surface area contributed by atoms with E-state index >= 15 is 0 Å². The van der Waals surface area contributed by atoms with Crippen LogP contribution in [0.1, 0.15) is 19.8 Å². The van der Waals surface area contributed by atoms with Crippen LogP contribution in [-0.2, 0) is 19.6 Å². The van der Waals surface area contributed by atoms with Gasteiger partial charge < -0.3 is 15.5 Å². The number of carbonyl (C=O) groups is 2. The average Bonchev–Trinajstić information content (AvgIpc) is 2.98. The van der Waals surface area contributed by atoms with Crippen LogP contribution in [0.4, 0.5) is 5.69 Å². The van der Waals surface area contributed by atoms with Gasteiger partial charge in [0.15, 0.2) is 0 Å². The molecule has 10 heteroatoms. The molecule has 0 spiro atoms. The van der Waals surface area contributed by atoms with Gasteiger partial charge in [-0.2, -0.15) is 0 Å². The molecule has 1 aromatic rings. The molecule has 4 N–H and O–H groups in total. The number of primary sulfonamides is 1. The Morgan fingerprint density at radius 1 is 1.37 bits per heavy atom. The van der Waals surface area contributed by atoms with Crippen LogP contribution in [0.3, 0.4) is 0 Å². The number of nitrogens with zero attached hydrogens (tertiary/aromatic N) is 1. The summed E-state index contributed by atoms with van der Waals surface area (Å²) >= 11 is 0. The van der Waals surface area contributed by atoms with Crippen LogP contribution in [0, 0.1) is 11.8 Å². The van der Waals surface area contributed by atoms with Gasteiger partial charge in [-0.3, -0.25) is 9.59 Å². The fraction of sp³-hybridized carbons (Fsp3) is 0.529. The Bertz CT molecular complexity index is 817. The number of amides is 2. The van der Waals surface area contributed by atoms with E-state index in [1.165, 1.54) is 23.1 Å². The fourth-order valence-corrected chi connectivity index (χ4v) is 4.00. The monoisotopic (exact) mass is 416 g/mol. The molecule has 2 aliphatic heterocycles. The largest absolute Gasteiger partial charge is 0.352 e. The zero-order valence-electron chi connectivity index (χ0n) is 15.1. The Kier molecular flexibility index (Phi) is 6.85. The van der Waals surface area contributed by atoms with Crippen molar-refractivity contribution in [2.75, 3.05) is 24.5 Å². The van der Waals surface area contributed by atoms with Crippen LogP contribution >= 0.6 is 12.4 Å². The van der Waals surface area contributed by atoms with Gasteiger partial charge in [0.1, 0.15) is 0 Å². The van der Waals surface area contributed by atoms with Gasteiger partial charge in [-0.05, 0) is 37.1 Å². The second kappa shape index (κ2) is 8.55. The summed E-state index contributed by atoms with van der Waals surface area (Å²) in [5, 5.41) is 11.5. The summed E-state index contributed by atoms with van der Waals surface area (Å²) in [6.45, 7) is 4.02. The van der Waals surface area contributed by atoms with Gasteiger partial charge in [0, 0.05) is 31.2 Å². The molecule has 3 unspecified atom stereocenters. The number of nitrogens with one attached hydrogen (secondary N) is 2. The molecular weight excluding hydrogens is 392 g/mol. The van der Waals surface area contributed by atoms with E-state index < -0.39 is 15.9 Å². The molecule has 0 aromatic heterocycles. The molecule has 0 radical (unpaired) electrons. The van der Waals surface area contributed by atoms with Crippen molar-refractivity contribution in [2.24, 2.45) is 17.0 Å². The number of carbonyl (C=O) groups excluding carboxylic acids is 2. The predicted octanol–water partition coefficient (Wildman–Crippen LogP) is 0.223. The SMILES string of the molecule is CC1CCNCC1NC(=O)C1CC(=O)N(c2cccc(S(N)(=O)=O)c2)C1.Cl. The number of rotatable bonds is 4. The number of piperidine rings is 1. The molecule has 0 aliphatic carbocycles. The Hall–Kier alpha value is -1.68. The zero-order chi connectivity index (χ0) is 18.9. The van der Waals surface area contributed by atoms with E-state index in [9.17, 15) is 18.0 Å². The predicted molar refractivity (Wildman–Crippen MR) is 104 cm³/mol. The van der Waals surface area contributed by atoms with Crippen LogP contribution in [-0.4, -0.2) is 45.9 Å². The summed E-state index contributed by atoms with van der Waals surface area (Å²) in [5.41, 5.74) is 0.435. The highest BCUT2D eigenvalue weighted by Crippen LogP contribution is 2.27. The maximum Gasteiger partial charge on any atom is 0.238 e. The molecule has 2 fully saturated rings. The second-order valence-corrected chi connectivity index (χ2v) is 8.59. The topological polar surface area (TPSA) is 122 Å². The lowest BCUT2D eigenvalue weighted by molar-refractivity contribution is -0.127. The molecule has 2 amide bonds. The van der Waals surface area contributed by atoms with Gasteiger partial charge in [0.2, 0.25) is 21.8 Å². The first-order chi connectivity index (χ1) is 12.3. The van der Waals surface area contributed by atoms with Crippen LogP contribution < -0.4 is 20.7 Å². The van der Waals surface area contributed by atoms with Crippen molar-refractivity contribution in [2.45, 2.75) is 30.7 Å². The van der Waals surface area contributed by atoms with E-state index in [1.54, 1.807) is 6.07 Å². The minimum Gasteiger partial charge on any atom is -0.352 e. The summed E-state index contributed by atoms with van der Waals surface area (Å²) in [6, 6.07) is 5.97. The maximum atomic E-state index is 12.6. The van der Waals surface area contributed by atoms with E-state index in [-0.39, 0.29) is 48.1 Å². The van der Waals surface area contributed by atoms with E-state index in [0.29, 0.717) is 11.6 Å². The molecule has 2 aliphatic rings. The van der Waals surface area contributed by atoms with Crippen molar-refractivity contribution in [1.82, 2.24) is 10.6 Å². The number of nitrogens with two attached hydrogens (primary N) is 1. The maximum absolute atomic E-state index is 12.6. The highest BCUT2D eigenvalue weighted by molar-refractivity contribution is 7.89. The van der Waals surface area contributed by atoms with Crippen molar-refractivity contribution in [3.05, 3.63) is 24.3 Å². The third-order valence-electron chi connectivity index (χ3n) is 5.11. The van der Waals surface area contributed by atoms with Crippen molar-refractivity contribution in [3.63, 3.8) is 0 Å². The van der Waals surface area contributed by atoms with E-state index in [2.05, 4.69) is 17.6 Å². The molecule has 1 aromatic carbocycles. The molecule has 8 nitrogen and oxygen atoms in total. The van der Waals surface area contributed by atoms with Crippen LogP contribution in [0.15, 0.2) is 29.2 Å².